The minimum atomic E-state index is -4.68. The summed E-state index contributed by atoms with van der Waals surface area (Å²) >= 11 is 11.2. The van der Waals surface area contributed by atoms with Crippen LogP contribution in [-0.2, 0) is 17.2 Å². The zero-order valence-corrected chi connectivity index (χ0v) is 15.4. The van der Waals surface area contributed by atoms with Gasteiger partial charge in [-0.15, -0.1) is 0 Å². The van der Waals surface area contributed by atoms with Crippen molar-refractivity contribution in [2.75, 3.05) is 4.72 Å². The van der Waals surface area contributed by atoms with Gasteiger partial charge in [0.25, 0.3) is 0 Å². The standard InChI is InChI=1S/C13H7Cl2F3N2O2S.C2H6/c14-7-3-11(12(6-21)19-5-7)20-23(22)8-1-2-10(15)9(4-8)13(16,17)18;1-2/h1-6,20H;1-2H3. The topological polar surface area (TPSA) is 59.1 Å². The van der Waals surface area contributed by atoms with E-state index in [9.17, 15) is 22.2 Å². The van der Waals surface area contributed by atoms with Crippen molar-refractivity contribution in [2.24, 2.45) is 0 Å². The molecule has 136 valence electrons. The fraction of sp³-hybridized carbons (Fsp3) is 0.200. The third-order valence-electron chi connectivity index (χ3n) is 2.66. The van der Waals surface area contributed by atoms with Crippen molar-refractivity contribution in [3.05, 3.63) is 51.8 Å². The Balaban J connectivity index is 0.00000151. The molecule has 0 bridgehead atoms. The minimum Gasteiger partial charge on any atom is -0.299 e. The van der Waals surface area contributed by atoms with E-state index in [4.69, 9.17) is 23.2 Å². The predicted octanol–water partition coefficient (Wildman–Crippen LogP) is 5.38. The highest BCUT2D eigenvalue weighted by Crippen LogP contribution is 2.35. The first kappa shape index (κ1) is 21.4. The summed E-state index contributed by atoms with van der Waals surface area (Å²) in [5.41, 5.74) is -1.14. The van der Waals surface area contributed by atoms with Crippen LogP contribution in [0.15, 0.2) is 35.4 Å². The van der Waals surface area contributed by atoms with Crippen LogP contribution in [0.1, 0.15) is 29.9 Å². The second-order valence-electron chi connectivity index (χ2n) is 4.21. The van der Waals surface area contributed by atoms with Crippen molar-refractivity contribution < 1.29 is 22.2 Å². The highest BCUT2D eigenvalue weighted by molar-refractivity contribution is 7.86. The summed E-state index contributed by atoms with van der Waals surface area (Å²) in [6.45, 7) is 4.00. The lowest BCUT2D eigenvalue weighted by molar-refractivity contribution is -0.137. The summed E-state index contributed by atoms with van der Waals surface area (Å²) in [5.74, 6) is 0. The molecule has 1 N–H and O–H groups in total. The van der Waals surface area contributed by atoms with Gasteiger partial charge in [-0.05, 0) is 24.3 Å². The second kappa shape index (κ2) is 9.17. The van der Waals surface area contributed by atoms with E-state index in [2.05, 4.69) is 9.71 Å². The van der Waals surface area contributed by atoms with Crippen molar-refractivity contribution in [1.82, 2.24) is 4.98 Å². The third kappa shape index (κ3) is 5.69. The third-order valence-corrected chi connectivity index (χ3v) is 4.28. The van der Waals surface area contributed by atoms with Gasteiger partial charge < -0.3 is 0 Å². The van der Waals surface area contributed by atoms with Gasteiger partial charge in [-0.1, -0.05) is 37.0 Å². The number of alkyl halides is 3. The van der Waals surface area contributed by atoms with Gasteiger partial charge in [0.05, 0.1) is 26.2 Å². The number of benzene rings is 1. The van der Waals surface area contributed by atoms with E-state index in [0.717, 1.165) is 6.07 Å². The Kier molecular flexibility index (Phi) is 7.85. The average Bonchev–Trinajstić information content (AvgIpc) is 2.56. The average molecular weight is 413 g/mol. The maximum atomic E-state index is 12.8. The Bertz CT molecular complexity index is 786. The molecule has 4 nitrogen and oxygen atoms in total. The number of aldehydes is 1. The minimum absolute atomic E-state index is 0.0364. The lowest BCUT2D eigenvalue weighted by atomic mass is 10.2. The number of aromatic nitrogens is 1. The molecule has 0 amide bonds. The van der Waals surface area contributed by atoms with Crippen LogP contribution in [-0.4, -0.2) is 15.5 Å². The molecule has 1 unspecified atom stereocenters. The molecule has 2 rings (SSSR count). The van der Waals surface area contributed by atoms with E-state index in [0.29, 0.717) is 12.4 Å². The van der Waals surface area contributed by atoms with E-state index in [1.807, 2.05) is 13.8 Å². The number of hydrogen-bond acceptors (Lipinski definition) is 3. The smallest absolute Gasteiger partial charge is 0.299 e. The van der Waals surface area contributed by atoms with Crippen LogP contribution >= 0.6 is 23.2 Å². The van der Waals surface area contributed by atoms with Gasteiger partial charge in [0.2, 0.25) is 0 Å². The van der Waals surface area contributed by atoms with Crippen molar-refractivity contribution in [1.29, 1.82) is 0 Å². The molecule has 10 heteroatoms. The monoisotopic (exact) mass is 412 g/mol. The number of carbonyl (C=O) groups excluding carboxylic acids is 1. The predicted molar refractivity (Wildman–Crippen MR) is 92.5 cm³/mol. The number of nitrogens with zero attached hydrogens (tertiary/aromatic N) is 1. The molecule has 0 spiro atoms. The molecule has 0 aliphatic carbocycles. The van der Waals surface area contributed by atoms with Gasteiger partial charge in [0, 0.05) is 6.20 Å². The molecule has 0 saturated carbocycles. The number of anilines is 1. The Morgan fingerprint density at radius 3 is 2.40 bits per heavy atom. The van der Waals surface area contributed by atoms with E-state index in [-0.39, 0.29) is 21.3 Å². The van der Waals surface area contributed by atoms with Crippen LogP contribution in [0.5, 0.6) is 0 Å². The van der Waals surface area contributed by atoms with Crippen molar-refractivity contribution in [2.45, 2.75) is 24.9 Å². The van der Waals surface area contributed by atoms with Crippen LogP contribution < -0.4 is 4.72 Å². The maximum Gasteiger partial charge on any atom is 0.417 e. The molecule has 0 fully saturated rings. The summed E-state index contributed by atoms with van der Waals surface area (Å²) < 4.78 is 53.0. The Hall–Kier alpha value is -1.64. The van der Waals surface area contributed by atoms with Gasteiger partial charge in [-0.3, -0.25) is 9.52 Å². The number of halogens is 5. The van der Waals surface area contributed by atoms with Gasteiger partial charge in [0.1, 0.15) is 16.7 Å². The van der Waals surface area contributed by atoms with Crippen LogP contribution in [0, 0.1) is 0 Å². The summed E-state index contributed by atoms with van der Waals surface area (Å²) in [5, 5.41) is -0.335. The zero-order chi connectivity index (χ0) is 19.2. The molecule has 0 saturated heterocycles. The highest BCUT2D eigenvalue weighted by Gasteiger charge is 2.33. The molecule has 25 heavy (non-hydrogen) atoms. The fourth-order valence-corrected chi connectivity index (χ4v) is 2.90. The van der Waals surface area contributed by atoms with Crippen LogP contribution in [0.3, 0.4) is 0 Å². The van der Waals surface area contributed by atoms with Crippen molar-refractivity contribution in [3.63, 3.8) is 0 Å². The molecule has 1 atom stereocenters. The molecule has 0 aliphatic heterocycles. The van der Waals surface area contributed by atoms with Crippen molar-refractivity contribution in [3.8, 4) is 0 Å². The lowest BCUT2D eigenvalue weighted by Crippen LogP contribution is -2.11. The van der Waals surface area contributed by atoms with E-state index in [1.165, 1.54) is 18.3 Å². The van der Waals surface area contributed by atoms with E-state index in [1.54, 1.807) is 0 Å². The van der Waals surface area contributed by atoms with Crippen LogP contribution in [0.4, 0.5) is 18.9 Å². The number of hydrogen-bond donors (Lipinski definition) is 1. The Morgan fingerprint density at radius 2 is 1.84 bits per heavy atom. The molecule has 1 heterocycles. The van der Waals surface area contributed by atoms with Gasteiger partial charge in [-0.25, -0.2) is 9.19 Å². The zero-order valence-electron chi connectivity index (χ0n) is 13.0. The first-order valence-corrected chi connectivity index (χ1v) is 8.79. The van der Waals surface area contributed by atoms with Crippen LogP contribution in [0.2, 0.25) is 10.0 Å². The maximum absolute atomic E-state index is 12.8. The van der Waals surface area contributed by atoms with Gasteiger partial charge in [0.15, 0.2) is 6.29 Å². The summed E-state index contributed by atoms with van der Waals surface area (Å²) in [4.78, 5) is 14.4. The SMILES string of the molecule is CC.O=Cc1ncc(Cl)cc1NS(=O)c1ccc(Cl)c(C(F)(F)F)c1. The largest absolute Gasteiger partial charge is 0.417 e. The normalized spacial score (nSPS) is 12.0. The summed E-state index contributed by atoms with van der Waals surface area (Å²) in [6.07, 6.45) is -3.06. The van der Waals surface area contributed by atoms with Crippen LogP contribution in [0.25, 0.3) is 0 Å². The number of nitrogens with one attached hydrogen (secondary N) is 1. The Morgan fingerprint density at radius 1 is 1.20 bits per heavy atom. The number of carbonyl (C=O) groups is 1. The quantitative estimate of drug-likeness (QED) is 0.685. The number of pyridine rings is 1. The molecule has 1 aromatic heterocycles. The highest BCUT2D eigenvalue weighted by atomic mass is 35.5. The molecule has 0 aliphatic rings. The van der Waals surface area contributed by atoms with Gasteiger partial charge in [-0.2, -0.15) is 13.2 Å². The molecule has 2 aromatic rings. The summed E-state index contributed by atoms with van der Waals surface area (Å²) in [7, 11) is -2.07. The summed E-state index contributed by atoms with van der Waals surface area (Å²) in [6, 6.07) is 4.14. The van der Waals surface area contributed by atoms with Gasteiger partial charge >= 0.3 is 6.18 Å². The number of rotatable bonds is 4. The molecular formula is C15H13Cl2F3N2O2S. The second-order valence-corrected chi connectivity index (χ2v) is 6.27. The molecule has 1 aromatic carbocycles. The molecular weight excluding hydrogens is 400 g/mol. The van der Waals surface area contributed by atoms with Crippen molar-refractivity contribution >= 4 is 46.2 Å². The fourth-order valence-electron chi connectivity index (χ4n) is 1.62. The van der Waals surface area contributed by atoms with E-state index >= 15 is 0 Å². The first-order chi connectivity index (χ1) is 11.7. The Labute approximate surface area is 154 Å². The first-order valence-electron chi connectivity index (χ1n) is 6.88. The lowest BCUT2D eigenvalue weighted by Gasteiger charge is -2.12. The molecule has 0 radical (unpaired) electrons. The van der Waals surface area contributed by atoms with E-state index < -0.39 is 27.7 Å².